The smallest absolute Gasteiger partial charge is 0.0826 e. The van der Waals surface area contributed by atoms with Gasteiger partial charge in [0, 0.05) is 7.14 Å². The van der Waals surface area contributed by atoms with E-state index < -0.39 is 3.79 Å². The molecule has 0 aliphatic rings. The Bertz CT molecular complexity index is 499. The van der Waals surface area contributed by atoms with E-state index in [-0.39, 0.29) is 5.92 Å². The second-order valence-corrected chi connectivity index (χ2v) is 8.94. The highest BCUT2D eigenvalue weighted by atomic mass is 127. The molecule has 0 aromatic heterocycles. The van der Waals surface area contributed by atoms with E-state index in [1.165, 1.54) is 0 Å². The second kappa shape index (κ2) is 6.69. The first-order chi connectivity index (χ1) is 8.88. The van der Waals surface area contributed by atoms with Crippen molar-refractivity contribution >= 4 is 80.0 Å². The summed E-state index contributed by atoms with van der Waals surface area (Å²) in [6.07, 6.45) is 0. The lowest BCUT2D eigenvalue weighted by molar-refractivity contribution is 0.838. The van der Waals surface area contributed by atoms with Crippen LogP contribution in [0, 0.1) is 7.14 Å². The van der Waals surface area contributed by atoms with E-state index in [1.807, 2.05) is 48.5 Å². The first-order valence-electron chi connectivity index (χ1n) is 5.45. The Hall–Kier alpha value is 0.770. The van der Waals surface area contributed by atoms with Gasteiger partial charge >= 0.3 is 0 Å². The second-order valence-electron chi connectivity index (χ2n) is 4.08. The summed E-state index contributed by atoms with van der Waals surface area (Å²) in [6.45, 7) is 0. The van der Waals surface area contributed by atoms with Gasteiger partial charge in [-0.3, -0.25) is 0 Å². The minimum absolute atomic E-state index is 0.272. The highest BCUT2D eigenvalue weighted by molar-refractivity contribution is 14.1. The number of hydrogen-bond acceptors (Lipinski definition) is 0. The summed E-state index contributed by atoms with van der Waals surface area (Å²) in [5.41, 5.74) is 2.00. The van der Waals surface area contributed by atoms with Crippen molar-refractivity contribution in [2.75, 3.05) is 0 Å². The predicted octanol–water partition coefficient (Wildman–Crippen LogP) is 6.40. The lowest BCUT2D eigenvalue weighted by atomic mass is 9.93. The molecule has 0 fully saturated rings. The van der Waals surface area contributed by atoms with Crippen LogP contribution in [0.4, 0.5) is 0 Å². The summed E-state index contributed by atoms with van der Waals surface area (Å²) >= 11 is 23.0. The first-order valence-corrected chi connectivity index (χ1v) is 8.75. The van der Waals surface area contributed by atoms with Crippen LogP contribution < -0.4 is 0 Å². The van der Waals surface area contributed by atoms with Gasteiger partial charge in [0.1, 0.15) is 0 Å². The van der Waals surface area contributed by atoms with Crippen LogP contribution in [0.15, 0.2) is 48.5 Å². The molecule has 0 bridgehead atoms. The molecule has 0 nitrogen and oxygen atoms in total. The average Bonchev–Trinajstić information content (AvgIpc) is 2.33. The normalized spacial score (nSPS) is 11.9. The Balaban J connectivity index is 2.47. The number of alkyl halides is 3. The molecule has 19 heavy (non-hydrogen) atoms. The zero-order valence-electron chi connectivity index (χ0n) is 9.59. The molecule has 2 aromatic carbocycles. The molecule has 0 saturated carbocycles. The van der Waals surface area contributed by atoms with Gasteiger partial charge in [-0.1, -0.05) is 59.1 Å². The summed E-state index contributed by atoms with van der Waals surface area (Å²) < 4.78 is 0.943. The zero-order chi connectivity index (χ0) is 14.0. The lowest BCUT2D eigenvalue weighted by Crippen LogP contribution is -2.18. The molecule has 0 spiro atoms. The quantitative estimate of drug-likeness (QED) is 0.308. The van der Waals surface area contributed by atoms with Gasteiger partial charge in [-0.05, 0) is 80.6 Å². The van der Waals surface area contributed by atoms with E-state index in [0.29, 0.717) is 0 Å². The highest BCUT2D eigenvalue weighted by Gasteiger charge is 2.35. The van der Waals surface area contributed by atoms with Crippen molar-refractivity contribution in [2.24, 2.45) is 0 Å². The maximum Gasteiger partial charge on any atom is 0.201 e. The maximum atomic E-state index is 6.17. The summed E-state index contributed by atoms with van der Waals surface area (Å²) in [7, 11) is 0. The fraction of sp³-hybridized carbons (Fsp3) is 0.143. The third-order valence-corrected chi connectivity index (χ3v) is 4.83. The lowest BCUT2D eigenvalue weighted by Gasteiger charge is -2.25. The zero-order valence-corrected chi connectivity index (χ0v) is 16.2. The molecule has 0 aliphatic heterocycles. The van der Waals surface area contributed by atoms with Crippen LogP contribution in [0.1, 0.15) is 17.0 Å². The van der Waals surface area contributed by atoms with E-state index in [9.17, 15) is 0 Å². The van der Waals surface area contributed by atoms with Crippen LogP contribution in [0.5, 0.6) is 0 Å². The van der Waals surface area contributed by atoms with Crippen molar-refractivity contribution in [2.45, 2.75) is 9.71 Å². The molecular weight excluding hydrogens is 528 g/mol. The van der Waals surface area contributed by atoms with Gasteiger partial charge in [0.25, 0.3) is 0 Å². The van der Waals surface area contributed by atoms with Crippen molar-refractivity contribution < 1.29 is 0 Å². The van der Waals surface area contributed by atoms with Crippen LogP contribution in [-0.4, -0.2) is 3.79 Å². The third-order valence-electron chi connectivity index (χ3n) is 2.73. The number of hydrogen-bond donors (Lipinski definition) is 0. The molecule has 0 atom stereocenters. The maximum absolute atomic E-state index is 6.17. The topological polar surface area (TPSA) is 0 Å². The van der Waals surface area contributed by atoms with Crippen LogP contribution in [0.25, 0.3) is 0 Å². The summed E-state index contributed by atoms with van der Waals surface area (Å²) in [5, 5.41) is 0. The number of rotatable bonds is 2. The minimum atomic E-state index is -1.38. The van der Waals surface area contributed by atoms with Crippen LogP contribution in [0.3, 0.4) is 0 Å². The molecule has 0 radical (unpaired) electrons. The molecule has 0 heterocycles. The number of halogens is 5. The standard InChI is InChI=1S/C14H9Cl3I2/c15-14(16,17)13(9-1-5-11(18)6-2-9)10-3-7-12(19)8-4-10/h1-8,13H. The van der Waals surface area contributed by atoms with Gasteiger partial charge in [-0.2, -0.15) is 0 Å². The Kier molecular flexibility index (Phi) is 5.68. The van der Waals surface area contributed by atoms with Gasteiger partial charge in [0.15, 0.2) is 0 Å². The molecule has 100 valence electrons. The van der Waals surface area contributed by atoms with Gasteiger partial charge in [0.2, 0.25) is 3.79 Å². The first kappa shape index (κ1) is 16.1. The van der Waals surface area contributed by atoms with E-state index in [0.717, 1.165) is 18.3 Å². The monoisotopic (exact) mass is 536 g/mol. The van der Waals surface area contributed by atoms with Gasteiger partial charge in [0.05, 0.1) is 5.92 Å². The van der Waals surface area contributed by atoms with E-state index in [4.69, 9.17) is 34.8 Å². The molecule has 0 N–H and O–H groups in total. The van der Waals surface area contributed by atoms with Crippen molar-refractivity contribution in [3.8, 4) is 0 Å². The van der Waals surface area contributed by atoms with Crippen LogP contribution >= 0.6 is 80.0 Å². The molecule has 0 saturated heterocycles. The Morgan fingerprint density at radius 2 is 1.00 bits per heavy atom. The molecule has 2 aromatic rings. The Morgan fingerprint density at radius 1 is 0.684 bits per heavy atom. The predicted molar refractivity (Wildman–Crippen MR) is 100 cm³/mol. The van der Waals surface area contributed by atoms with E-state index >= 15 is 0 Å². The SMILES string of the molecule is ClC(Cl)(Cl)C(c1ccc(I)cc1)c1ccc(I)cc1. The van der Waals surface area contributed by atoms with Crippen molar-refractivity contribution in [3.05, 3.63) is 66.8 Å². The minimum Gasteiger partial charge on any atom is -0.0826 e. The fourth-order valence-electron chi connectivity index (χ4n) is 1.88. The van der Waals surface area contributed by atoms with E-state index in [2.05, 4.69) is 45.2 Å². The van der Waals surface area contributed by atoms with Crippen molar-refractivity contribution in [1.29, 1.82) is 0 Å². The fourth-order valence-corrected chi connectivity index (χ4v) is 3.36. The molecule has 0 amide bonds. The van der Waals surface area contributed by atoms with Crippen molar-refractivity contribution in [3.63, 3.8) is 0 Å². The molecule has 5 heteroatoms. The summed E-state index contributed by atoms with van der Waals surface area (Å²) in [6, 6.07) is 16.1. The van der Waals surface area contributed by atoms with Crippen molar-refractivity contribution in [1.82, 2.24) is 0 Å². The van der Waals surface area contributed by atoms with Gasteiger partial charge < -0.3 is 0 Å². The van der Waals surface area contributed by atoms with Crippen LogP contribution in [0.2, 0.25) is 0 Å². The average molecular weight is 537 g/mol. The summed E-state index contributed by atoms with van der Waals surface area (Å²) in [4.78, 5) is 0. The third kappa shape index (κ3) is 4.37. The Morgan fingerprint density at radius 3 is 1.26 bits per heavy atom. The molecular formula is C14H9Cl3I2. The highest BCUT2D eigenvalue weighted by Crippen LogP contribution is 2.45. The summed E-state index contributed by atoms with van der Waals surface area (Å²) in [5.74, 6) is -0.272. The van der Waals surface area contributed by atoms with Crippen LogP contribution in [-0.2, 0) is 0 Å². The van der Waals surface area contributed by atoms with Gasteiger partial charge in [-0.25, -0.2) is 0 Å². The van der Waals surface area contributed by atoms with E-state index in [1.54, 1.807) is 0 Å². The Labute approximate surface area is 155 Å². The molecule has 0 aliphatic carbocycles. The molecule has 2 rings (SSSR count). The molecule has 0 unspecified atom stereocenters. The van der Waals surface area contributed by atoms with Gasteiger partial charge in [-0.15, -0.1) is 0 Å². The largest absolute Gasteiger partial charge is 0.201 e. The number of benzene rings is 2.